The Balaban J connectivity index is 1.61. The molecule has 0 saturated carbocycles. The smallest absolute Gasteiger partial charge is 0.407 e. The second-order valence-electron chi connectivity index (χ2n) is 8.30. The number of hydrogen-bond donors (Lipinski definition) is 1. The third-order valence-corrected chi connectivity index (χ3v) is 8.36. The average Bonchev–Trinajstić information content (AvgIpc) is 3.55. The first-order valence-corrected chi connectivity index (χ1v) is 13.3. The summed E-state index contributed by atoms with van der Waals surface area (Å²) < 4.78 is 33.8. The van der Waals surface area contributed by atoms with Crippen LogP contribution < -0.4 is 13.9 Å². The Hall–Kier alpha value is -3.38. The van der Waals surface area contributed by atoms with Crippen molar-refractivity contribution in [2.75, 3.05) is 36.5 Å². The molecule has 0 unspecified atom stereocenters. The van der Waals surface area contributed by atoms with Gasteiger partial charge >= 0.3 is 6.09 Å². The third-order valence-electron chi connectivity index (χ3n) is 6.13. The van der Waals surface area contributed by atoms with Crippen molar-refractivity contribution in [1.29, 1.82) is 0 Å². The monoisotopic (exact) mass is 517 g/mol. The van der Waals surface area contributed by atoms with Crippen LogP contribution in [-0.4, -0.2) is 67.8 Å². The zero-order valence-corrected chi connectivity index (χ0v) is 21.3. The fourth-order valence-electron chi connectivity index (χ4n) is 4.09. The number of anilines is 2. The van der Waals surface area contributed by atoms with E-state index in [9.17, 15) is 18.3 Å². The average molecular weight is 518 g/mol. The Kier molecular flexibility index (Phi) is 7.13. The molecule has 2 aromatic heterocycles. The molecule has 1 N–H and O–H groups in total. The number of ether oxygens (including phenoxy) is 1. The van der Waals surface area contributed by atoms with Gasteiger partial charge in [0.15, 0.2) is 10.8 Å². The zero-order valence-electron chi connectivity index (χ0n) is 19.7. The van der Waals surface area contributed by atoms with E-state index in [2.05, 4.69) is 9.97 Å². The van der Waals surface area contributed by atoms with E-state index >= 15 is 0 Å². The van der Waals surface area contributed by atoms with Crippen LogP contribution in [0.1, 0.15) is 17.5 Å². The van der Waals surface area contributed by atoms with Gasteiger partial charge in [-0.05, 0) is 42.7 Å². The maximum Gasteiger partial charge on any atom is 0.407 e. The van der Waals surface area contributed by atoms with Gasteiger partial charge in [0.25, 0.3) is 10.0 Å². The van der Waals surface area contributed by atoms with Crippen LogP contribution in [0.4, 0.5) is 16.3 Å². The summed E-state index contributed by atoms with van der Waals surface area (Å²) in [6.45, 7) is 2.78. The van der Waals surface area contributed by atoms with Crippen LogP contribution in [0.3, 0.4) is 0 Å². The zero-order chi connectivity index (χ0) is 25.2. The Labute approximate surface area is 208 Å². The normalized spacial score (nSPS) is 15.7. The van der Waals surface area contributed by atoms with E-state index in [0.717, 1.165) is 16.8 Å². The maximum absolute atomic E-state index is 13.7. The molecule has 0 radical (unpaired) electrons. The minimum atomic E-state index is -4.01. The van der Waals surface area contributed by atoms with Gasteiger partial charge in [-0.2, -0.15) is 8.42 Å². The van der Waals surface area contributed by atoms with Gasteiger partial charge in [-0.3, -0.25) is 0 Å². The Morgan fingerprint density at radius 1 is 1.29 bits per heavy atom. The summed E-state index contributed by atoms with van der Waals surface area (Å²) in [6.07, 6.45) is 1.30. The Morgan fingerprint density at radius 2 is 2.03 bits per heavy atom. The number of likely N-dealkylation sites (N-methyl/N-ethyl adjacent to an activating group) is 1. The molecule has 0 aliphatic carbocycles. The number of benzene rings is 1. The van der Waals surface area contributed by atoms with Crippen molar-refractivity contribution in [3.05, 3.63) is 58.5 Å². The number of sulfonamides is 1. The summed E-state index contributed by atoms with van der Waals surface area (Å²) in [5.74, 6) is 1.01. The topological polar surface area (TPSA) is 116 Å². The van der Waals surface area contributed by atoms with Gasteiger partial charge in [0.05, 0.1) is 31.0 Å². The van der Waals surface area contributed by atoms with E-state index in [4.69, 9.17) is 4.74 Å². The van der Waals surface area contributed by atoms with E-state index in [1.807, 2.05) is 31.0 Å². The van der Waals surface area contributed by atoms with Crippen LogP contribution in [0.15, 0.2) is 52.4 Å². The molecule has 186 valence electrons. The quantitative estimate of drug-likeness (QED) is 0.483. The molecule has 1 atom stereocenters. The maximum atomic E-state index is 13.7. The molecular formula is C23H27N5O5S2. The summed E-state index contributed by atoms with van der Waals surface area (Å²) in [4.78, 5) is 23.2. The largest absolute Gasteiger partial charge is 0.497 e. The molecule has 1 amide bonds. The van der Waals surface area contributed by atoms with E-state index in [1.54, 1.807) is 36.2 Å². The lowest BCUT2D eigenvalue weighted by Crippen LogP contribution is -2.36. The van der Waals surface area contributed by atoms with E-state index in [1.165, 1.54) is 26.7 Å². The van der Waals surface area contributed by atoms with Gasteiger partial charge in [-0.1, -0.05) is 12.1 Å². The van der Waals surface area contributed by atoms with Gasteiger partial charge in [-0.15, -0.1) is 11.3 Å². The highest BCUT2D eigenvalue weighted by Gasteiger charge is 2.31. The molecule has 4 rings (SSSR count). The van der Waals surface area contributed by atoms with Gasteiger partial charge in [-0.25, -0.2) is 19.1 Å². The number of amides is 1. The third kappa shape index (κ3) is 5.17. The molecule has 3 heterocycles. The molecule has 1 saturated heterocycles. The van der Waals surface area contributed by atoms with Crippen molar-refractivity contribution in [2.24, 2.45) is 0 Å². The molecule has 1 aliphatic heterocycles. The number of carbonyl (C=O) groups is 1. The summed E-state index contributed by atoms with van der Waals surface area (Å²) in [5.41, 5.74) is 3.86. The summed E-state index contributed by atoms with van der Waals surface area (Å²) in [5, 5.41) is 10.8. The number of aromatic nitrogens is 2. The van der Waals surface area contributed by atoms with Gasteiger partial charge in [0.2, 0.25) is 0 Å². The van der Waals surface area contributed by atoms with Crippen molar-refractivity contribution in [3.63, 3.8) is 0 Å². The van der Waals surface area contributed by atoms with Gasteiger partial charge < -0.3 is 19.6 Å². The first kappa shape index (κ1) is 24.7. The predicted octanol–water partition coefficient (Wildman–Crippen LogP) is 3.44. The SMILES string of the molecule is COc1ccc(CN(c2cscn2)S(=O)(=O)c2cc(C)c(N(C)[C@H]3CCN(C(=O)O)C3)cn2)cc1. The van der Waals surface area contributed by atoms with Crippen molar-refractivity contribution in [3.8, 4) is 5.75 Å². The molecule has 35 heavy (non-hydrogen) atoms. The highest BCUT2D eigenvalue weighted by Crippen LogP contribution is 2.29. The van der Waals surface area contributed by atoms with Crippen LogP contribution in [0.25, 0.3) is 0 Å². The fourth-order valence-corrected chi connectivity index (χ4v) is 6.10. The minimum Gasteiger partial charge on any atom is -0.497 e. The summed E-state index contributed by atoms with van der Waals surface area (Å²) in [6, 6.07) is 8.73. The Morgan fingerprint density at radius 3 is 2.60 bits per heavy atom. The van der Waals surface area contributed by atoms with E-state index < -0.39 is 16.1 Å². The first-order valence-electron chi connectivity index (χ1n) is 10.9. The lowest BCUT2D eigenvalue weighted by molar-refractivity contribution is 0.155. The second kappa shape index (κ2) is 10.1. The number of hydrogen-bond acceptors (Lipinski definition) is 8. The van der Waals surface area contributed by atoms with Crippen LogP contribution in [0.5, 0.6) is 5.75 Å². The first-order chi connectivity index (χ1) is 16.7. The molecule has 1 aliphatic rings. The van der Waals surface area contributed by atoms with Gasteiger partial charge in [0, 0.05) is 31.6 Å². The number of rotatable bonds is 8. The number of nitrogens with zero attached hydrogens (tertiary/aromatic N) is 5. The number of likely N-dealkylation sites (tertiary alicyclic amines) is 1. The fraction of sp³-hybridized carbons (Fsp3) is 0.348. The van der Waals surface area contributed by atoms with Crippen molar-refractivity contribution in [2.45, 2.75) is 31.0 Å². The minimum absolute atomic E-state index is 0.00404. The molecule has 1 aromatic carbocycles. The second-order valence-corrected chi connectivity index (χ2v) is 10.8. The predicted molar refractivity (Wildman–Crippen MR) is 134 cm³/mol. The van der Waals surface area contributed by atoms with Crippen molar-refractivity contribution in [1.82, 2.24) is 14.9 Å². The van der Waals surface area contributed by atoms with Crippen LogP contribution >= 0.6 is 11.3 Å². The van der Waals surface area contributed by atoms with Crippen LogP contribution in [-0.2, 0) is 16.6 Å². The summed E-state index contributed by atoms with van der Waals surface area (Å²) in [7, 11) is -0.562. The van der Waals surface area contributed by atoms with E-state index in [-0.39, 0.29) is 17.6 Å². The highest BCUT2D eigenvalue weighted by atomic mass is 32.2. The standard InChI is InChI=1S/C23H27N5O5S2/c1-16-10-22(24-11-20(16)26(2)18-8-9-27(13-18)23(29)30)35(31,32)28(21-14-34-15-25-21)12-17-4-6-19(33-3)7-5-17/h4-7,10-11,14-15,18H,8-9,12-13H2,1-3H3,(H,29,30)/t18-/m0/s1. The number of methoxy groups -OCH3 is 1. The molecule has 3 aromatic rings. The van der Waals surface area contributed by atoms with Gasteiger partial charge in [0.1, 0.15) is 5.75 Å². The number of carboxylic acid groups (broad SMARTS) is 1. The molecular weight excluding hydrogens is 490 g/mol. The molecule has 12 heteroatoms. The number of aryl methyl sites for hydroxylation is 1. The lowest BCUT2D eigenvalue weighted by atomic mass is 10.1. The van der Waals surface area contributed by atoms with E-state index in [0.29, 0.717) is 31.1 Å². The Bertz CT molecular complexity index is 1280. The lowest BCUT2D eigenvalue weighted by Gasteiger charge is -2.28. The number of thiazole rings is 1. The van der Waals surface area contributed by atoms with Crippen LogP contribution in [0.2, 0.25) is 0 Å². The van der Waals surface area contributed by atoms with Crippen molar-refractivity contribution >= 4 is 39.0 Å². The van der Waals surface area contributed by atoms with Crippen LogP contribution in [0, 0.1) is 6.92 Å². The molecule has 0 bridgehead atoms. The molecule has 1 fully saturated rings. The number of pyridine rings is 1. The molecule has 10 nitrogen and oxygen atoms in total. The summed E-state index contributed by atoms with van der Waals surface area (Å²) >= 11 is 1.31. The molecule has 0 spiro atoms. The van der Waals surface area contributed by atoms with Crippen molar-refractivity contribution < 1.29 is 23.1 Å². The highest BCUT2D eigenvalue weighted by molar-refractivity contribution is 7.92.